The second-order valence-electron chi connectivity index (χ2n) is 8.79. The minimum absolute atomic E-state index is 0.0992. The number of hydrogen-bond donors (Lipinski definition) is 1. The van der Waals surface area contributed by atoms with Gasteiger partial charge >= 0.3 is 0 Å². The first-order chi connectivity index (χ1) is 16.9. The van der Waals surface area contributed by atoms with Crippen LogP contribution < -0.4 is 19.5 Å². The van der Waals surface area contributed by atoms with Gasteiger partial charge in [-0.1, -0.05) is 48.9 Å². The van der Waals surface area contributed by atoms with Crippen molar-refractivity contribution in [3.05, 3.63) is 70.1 Å². The molecule has 0 fully saturated rings. The maximum atomic E-state index is 14.4. The topological polar surface area (TPSA) is 105 Å². The van der Waals surface area contributed by atoms with Crippen molar-refractivity contribution in [1.29, 1.82) is 0 Å². The highest BCUT2D eigenvalue weighted by Gasteiger charge is 2.63. The molecule has 3 aliphatic rings. The monoisotopic (exact) mass is 492 g/mol. The molecule has 0 radical (unpaired) electrons. The third-order valence-corrected chi connectivity index (χ3v) is 7.39. The van der Waals surface area contributed by atoms with Gasteiger partial charge in [0.1, 0.15) is 28.4 Å². The Morgan fingerprint density at radius 3 is 2.60 bits per heavy atom. The molecular weight excluding hydrogens is 472 g/mol. The number of benzene rings is 2. The lowest BCUT2D eigenvalue weighted by Gasteiger charge is -2.42. The number of nitrogens with one attached hydrogen (secondary N) is 1. The van der Waals surface area contributed by atoms with Crippen LogP contribution in [0.25, 0.3) is 0 Å². The predicted molar refractivity (Wildman–Crippen MR) is 126 cm³/mol. The van der Waals surface area contributed by atoms with Gasteiger partial charge in [0.05, 0.1) is 20.3 Å². The van der Waals surface area contributed by atoms with Crippen molar-refractivity contribution in [1.82, 2.24) is 14.8 Å². The zero-order chi connectivity index (χ0) is 24.5. The Morgan fingerprint density at radius 2 is 1.89 bits per heavy atom. The van der Waals surface area contributed by atoms with E-state index in [4.69, 9.17) is 25.8 Å². The van der Waals surface area contributed by atoms with Gasteiger partial charge in [0, 0.05) is 23.3 Å². The zero-order valence-electron chi connectivity index (χ0n) is 19.2. The molecule has 1 aromatic heterocycles. The molecule has 3 aromatic rings. The van der Waals surface area contributed by atoms with Gasteiger partial charge in [-0.25, -0.2) is 0 Å². The average Bonchev–Trinajstić information content (AvgIpc) is 3.46. The average molecular weight is 493 g/mol. The fraction of sp³-hybridized carbons (Fsp3) is 0.280. The van der Waals surface area contributed by atoms with Crippen LogP contribution in [0.5, 0.6) is 17.2 Å². The van der Waals surface area contributed by atoms with Crippen molar-refractivity contribution in [3.63, 3.8) is 0 Å². The Kier molecular flexibility index (Phi) is 4.69. The maximum Gasteiger partial charge on any atom is 0.236 e. The van der Waals surface area contributed by atoms with Crippen molar-refractivity contribution in [2.45, 2.75) is 25.0 Å². The van der Waals surface area contributed by atoms with Crippen LogP contribution in [-0.4, -0.2) is 46.2 Å². The molecule has 10 heteroatoms. The second-order valence-corrected chi connectivity index (χ2v) is 9.17. The molecule has 0 bridgehead atoms. The second kappa shape index (κ2) is 7.58. The number of aromatic nitrogens is 3. The Labute approximate surface area is 205 Å². The lowest BCUT2D eigenvalue weighted by molar-refractivity contribution is -0.130. The number of anilines is 1. The van der Waals surface area contributed by atoms with Crippen LogP contribution in [0.2, 0.25) is 5.02 Å². The highest BCUT2D eigenvalue weighted by atomic mass is 35.5. The van der Waals surface area contributed by atoms with E-state index in [1.807, 2.05) is 37.3 Å². The molecule has 1 N–H and O–H groups in total. The van der Waals surface area contributed by atoms with Gasteiger partial charge in [0.2, 0.25) is 23.1 Å². The number of carbonyl (C=O) groups is 2. The first kappa shape index (κ1) is 21.7. The molecule has 6 rings (SSSR count). The summed E-state index contributed by atoms with van der Waals surface area (Å²) < 4.78 is 18.9. The number of nitrogens with zero attached hydrogens (tertiary/aromatic N) is 3. The lowest BCUT2D eigenvalue weighted by Crippen LogP contribution is -2.58. The predicted octanol–water partition coefficient (Wildman–Crippen LogP) is 3.84. The van der Waals surface area contributed by atoms with E-state index in [2.05, 4.69) is 15.5 Å². The van der Waals surface area contributed by atoms with Gasteiger partial charge < -0.3 is 19.5 Å². The Balaban J connectivity index is 1.54. The van der Waals surface area contributed by atoms with E-state index in [1.165, 1.54) is 20.3 Å². The van der Waals surface area contributed by atoms with Crippen LogP contribution >= 0.6 is 11.6 Å². The minimum Gasteiger partial charge on any atom is -0.496 e. The number of hydrogen-bond acceptors (Lipinski definition) is 8. The summed E-state index contributed by atoms with van der Waals surface area (Å²) in [7, 11) is 2.90. The van der Waals surface area contributed by atoms with Gasteiger partial charge in [0.25, 0.3) is 0 Å². The van der Waals surface area contributed by atoms with Crippen LogP contribution in [-0.2, 0) is 4.79 Å². The number of allylic oxidation sites excluding steroid dienone is 1. The molecule has 1 spiro atoms. The number of halogens is 1. The summed E-state index contributed by atoms with van der Waals surface area (Å²) >= 11 is 6.55. The van der Waals surface area contributed by atoms with E-state index in [0.29, 0.717) is 29.4 Å². The van der Waals surface area contributed by atoms with Gasteiger partial charge in [0.15, 0.2) is 5.75 Å². The highest BCUT2D eigenvalue weighted by molar-refractivity contribution is 6.36. The number of fused-ring (bicyclic) bond motifs is 2. The molecule has 1 unspecified atom stereocenters. The van der Waals surface area contributed by atoms with Crippen LogP contribution in [0.1, 0.15) is 35.3 Å². The minimum atomic E-state index is -1.79. The van der Waals surface area contributed by atoms with Crippen molar-refractivity contribution in [2.75, 3.05) is 19.5 Å². The summed E-state index contributed by atoms with van der Waals surface area (Å²) in [4.78, 5) is 28.5. The van der Waals surface area contributed by atoms with Crippen molar-refractivity contribution in [3.8, 4) is 17.2 Å². The first-order valence-corrected chi connectivity index (χ1v) is 11.5. The molecular formula is C25H21ClN4O5. The van der Waals surface area contributed by atoms with Crippen LogP contribution in [0.4, 0.5) is 5.95 Å². The van der Waals surface area contributed by atoms with Gasteiger partial charge in [-0.3, -0.25) is 14.2 Å². The van der Waals surface area contributed by atoms with E-state index in [-0.39, 0.29) is 22.1 Å². The van der Waals surface area contributed by atoms with Crippen molar-refractivity contribution < 1.29 is 23.8 Å². The van der Waals surface area contributed by atoms with E-state index < -0.39 is 29.1 Å². The summed E-state index contributed by atoms with van der Waals surface area (Å²) in [6.07, 6.45) is 1.95. The normalized spacial score (nSPS) is 24.5. The summed E-state index contributed by atoms with van der Waals surface area (Å²) in [6, 6.07) is 10.6. The molecule has 1 aliphatic carbocycles. The summed E-state index contributed by atoms with van der Waals surface area (Å²) in [5.41, 5.74) is 0.355. The SMILES string of the molecule is COc1cc(OC)c2c(c1Cl)O[C@@]1(C(=O)C3=C(C[C@H]1C)Nc1nncn1C3c1ccccc1)C2=O. The highest BCUT2D eigenvalue weighted by Crippen LogP contribution is 2.55. The molecule has 0 saturated carbocycles. The standard InChI is InChI=1S/C25H21ClN4O5/c1-12-9-14-17(20(13-7-5-4-6-8-13)30-11-27-29-24(30)28-14)22(31)25(12)23(32)18-15(33-2)10-16(34-3)19(26)21(18)35-25/h4-8,10-12,20H,9H2,1-3H3,(H,28,29)/t12-,20?,25+/m1/s1. The van der Waals surface area contributed by atoms with Crippen LogP contribution in [0.3, 0.4) is 0 Å². The van der Waals surface area contributed by atoms with E-state index in [0.717, 1.165) is 5.56 Å². The number of ether oxygens (including phenoxy) is 3. The number of rotatable bonds is 3. The molecule has 0 amide bonds. The van der Waals surface area contributed by atoms with E-state index >= 15 is 0 Å². The van der Waals surface area contributed by atoms with Gasteiger partial charge in [-0.2, -0.15) is 0 Å². The molecule has 2 aliphatic heterocycles. The Bertz CT molecular complexity index is 1430. The fourth-order valence-electron chi connectivity index (χ4n) is 5.36. The van der Waals surface area contributed by atoms with Crippen molar-refractivity contribution in [2.24, 2.45) is 5.92 Å². The smallest absolute Gasteiger partial charge is 0.236 e. The van der Waals surface area contributed by atoms with Gasteiger partial charge in [-0.15, -0.1) is 10.2 Å². The first-order valence-electron chi connectivity index (χ1n) is 11.1. The van der Waals surface area contributed by atoms with Gasteiger partial charge in [-0.05, 0) is 12.0 Å². The Morgan fingerprint density at radius 1 is 1.14 bits per heavy atom. The molecule has 3 atom stereocenters. The molecule has 35 heavy (non-hydrogen) atoms. The lowest BCUT2D eigenvalue weighted by atomic mass is 9.68. The largest absolute Gasteiger partial charge is 0.496 e. The number of Topliss-reactive ketones (excluding diaryl/α,β-unsaturated/α-hetero) is 2. The molecule has 178 valence electrons. The Hall–Kier alpha value is -3.85. The third-order valence-electron chi connectivity index (χ3n) is 7.03. The van der Waals surface area contributed by atoms with E-state index in [9.17, 15) is 9.59 Å². The van der Waals surface area contributed by atoms with Crippen molar-refractivity contribution >= 4 is 29.1 Å². The fourth-order valence-corrected chi connectivity index (χ4v) is 5.63. The molecule has 9 nitrogen and oxygen atoms in total. The zero-order valence-corrected chi connectivity index (χ0v) is 19.9. The molecule has 2 aromatic carbocycles. The third kappa shape index (κ3) is 2.75. The number of methoxy groups -OCH3 is 2. The number of ketones is 2. The van der Waals surface area contributed by atoms with E-state index in [1.54, 1.807) is 10.9 Å². The summed E-state index contributed by atoms with van der Waals surface area (Å²) in [5.74, 6) is -0.237. The molecule has 3 heterocycles. The summed E-state index contributed by atoms with van der Waals surface area (Å²) in [6.45, 7) is 1.82. The quantitative estimate of drug-likeness (QED) is 0.550. The number of carbonyl (C=O) groups excluding carboxylic acids is 2. The summed E-state index contributed by atoms with van der Waals surface area (Å²) in [5, 5.41) is 11.6. The van der Waals surface area contributed by atoms with Crippen LogP contribution in [0.15, 0.2) is 54.0 Å². The maximum absolute atomic E-state index is 14.4. The molecule has 0 saturated heterocycles. The van der Waals surface area contributed by atoms with Crippen LogP contribution in [0, 0.1) is 5.92 Å².